The fourth-order valence-corrected chi connectivity index (χ4v) is 6.01. The standard InChI is InChI=1S/C23H22N4O4S/c1-15-6-5-10-26-20(15)25-21-18(23(26)29)12-19(27(21)13-16-7-3-2-4-8-16)22(28)24-17-9-11-32(30,31)14-17/h2-8,10,12,17H,9,11,13-14H2,1H3,(H,24,28)/p+2/t17-/m1/s1. The summed E-state index contributed by atoms with van der Waals surface area (Å²) in [6.45, 7) is 2.35. The minimum Gasteiger partial charge on any atom is -0.458 e. The van der Waals surface area contributed by atoms with Crippen LogP contribution in [0.2, 0.25) is 0 Å². The molecule has 32 heavy (non-hydrogen) atoms. The average molecular weight is 453 g/mol. The molecule has 1 aliphatic rings. The number of aromatic nitrogens is 3. The van der Waals surface area contributed by atoms with Crippen LogP contribution in [0, 0.1) is 6.92 Å². The lowest BCUT2D eigenvalue weighted by Gasteiger charge is -2.05. The molecule has 1 aliphatic heterocycles. The number of pyridine rings is 1. The number of sulfone groups is 1. The fourth-order valence-electron chi connectivity index (χ4n) is 4.34. The monoisotopic (exact) mass is 452 g/mol. The molecule has 0 aliphatic carbocycles. The van der Waals surface area contributed by atoms with E-state index in [1.54, 1.807) is 16.7 Å². The first kappa shape index (κ1) is 20.4. The van der Waals surface area contributed by atoms with Crippen molar-refractivity contribution in [1.29, 1.82) is 0 Å². The second kappa shape index (κ2) is 7.59. The van der Waals surface area contributed by atoms with Gasteiger partial charge in [0.05, 0.1) is 18.5 Å². The Morgan fingerprint density at radius 3 is 2.69 bits per heavy atom. The second-order valence-electron chi connectivity index (χ2n) is 8.30. The molecule has 4 heterocycles. The molecule has 1 fully saturated rings. The van der Waals surface area contributed by atoms with E-state index < -0.39 is 9.84 Å². The van der Waals surface area contributed by atoms with Gasteiger partial charge in [0.1, 0.15) is 11.1 Å². The summed E-state index contributed by atoms with van der Waals surface area (Å²) in [5, 5.41) is 11.4. The van der Waals surface area contributed by atoms with Crippen LogP contribution in [0.4, 0.5) is 0 Å². The van der Waals surface area contributed by atoms with E-state index in [4.69, 9.17) is 0 Å². The van der Waals surface area contributed by atoms with E-state index in [1.807, 2.05) is 54.0 Å². The van der Waals surface area contributed by atoms with Crippen molar-refractivity contribution in [3.8, 4) is 0 Å². The Morgan fingerprint density at radius 2 is 1.97 bits per heavy atom. The van der Waals surface area contributed by atoms with Gasteiger partial charge in [0.15, 0.2) is 15.9 Å². The molecule has 0 radical (unpaired) electrons. The van der Waals surface area contributed by atoms with Gasteiger partial charge in [-0.05, 0) is 24.6 Å². The van der Waals surface area contributed by atoms with Crippen LogP contribution in [0.1, 0.15) is 23.2 Å². The zero-order valence-corrected chi connectivity index (χ0v) is 18.4. The maximum atomic E-state index is 13.2. The first-order valence-electron chi connectivity index (χ1n) is 10.5. The highest BCUT2D eigenvalue weighted by atomic mass is 32.2. The van der Waals surface area contributed by atoms with Crippen LogP contribution in [-0.2, 0) is 16.4 Å². The van der Waals surface area contributed by atoms with E-state index >= 15 is 0 Å². The number of nitrogens with zero attached hydrogens (tertiary/aromatic N) is 2. The molecule has 1 saturated heterocycles. The summed E-state index contributed by atoms with van der Waals surface area (Å²) in [4.78, 5) is 19.6. The lowest BCUT2D eigenvalue weighted by molar-refractivity contribution is -0.503. The van der Waals surface area contributed by atoms with Gasteiger partial charge in [-0.2, -0.15) is 4.40 Å². The zero-order valence-electron chi connectivity index (χ0n) is 17.6. The Balaban J connectivity index is 1.73. The highest BCUT2D eigenvalue weighted by Gasteiger charge is 2.34. The Morgan fingerprint density at radius 1 is 1.19 bits per heavy atom. The van der Waals surface area contributed by atoms with E-state index in [1.165, 1.54) is 0 Å². The largest absolute Gasteiger partial charge is 0.458 e. The molecule has 1 aromatic carbocycles. The lowest BCUT2D eigenvalue weighted by atomic mass is 10.2. The van der Waals surface area contributed by atoms with Gasteiger partial charge in [-0.1, -0.05) is 30.3 Å². The molecule has 1 atom stereocenters. The molecule has 0 saturated carbocycles. The van der Waals surface area contributed by atoms with Crippen LogP contribution in [0.3, 0.4) is 0 Å². The number of H-pyrrole nitrogens is 1. The third-order valence-corrected chi connectivity index (χ3v) is 7.75. The number of aryl methyl sites for hydroxylation is 1. The van der Waals surface area contributed by atoms with Gasteiger partial charge in [0.25, 0.3) is 0 Å². The molecule has 3 N–H and O–H groups in total. The van der Waals surface area contributed by atoms with Gasteiger partial charge >= 0.3 is 11.5 Å². The maximum Gasteiger partial charge on any atom is 0.398 e. The molecule has 164 valence electrons. The molecule has 0 spiro atoms. The SMILES string of the molecule is Cc1cccn2c(=O)c3cc(C(O)=[NH+][C@@H]4CCS(=O)(=O)C4)n(Cc4ccccc4)c3[nH+]c12. The van der Waals surface area contributed by atoms with Crippen molar-refractivity contribution in [2.75, 3.05) is 11.5 Å². The third kappa shape index (κ3) is 3.58. The zero-order chi connectivity index (χ0) is 22.5. The van der Waals surface area contributed by atoms with E-state index in [0.29, 0.717) is 35.3 Å². The number of hydrogen-bond acceptors (Lipinski definition) is 3. The summed E-state index contributed by atoms with van der Waals surface area (Å²) in [5.41, 5.74) is 3.43. The van der Waals surface area contributed by atoms with Crippen LogP contribution >= 0.6 is 0 Å². The van der Waals surface area contributed by atoms with E-state index in [2.05, 4.69) is 9.98 Å². The van der Waals surface area contributed by atoms with E-state index in [9.17, 15) is 18.3 Å². The minimum absolute atomic E-state index is 0.0200. The van der Waals surface area contributed by atoms with Crippen molar-refractivity contribution >= 4 is 32.4 Å². The van der Waals surface area contributed by atoms with Crippen molar-refractivity contribution in [2.45, 2.75) is 25.9 Å². The summed E-state index contributed by atoms with van der Waals surface area (Å²) in [6.07, 6.45) is 2.14. The van der Waals surface area contributed by atoms with Crippen molar-refractivity contribution < 1.29 is 23.5 Å². The lowest BCUT2D eigenvalue weighted by Crippen LogP contribution is -2.80. The predicted octanol–water partition coefficient (Wildman–Crippen LogP) is -0.00268. The third-order valence-electron chi connectivity index (χ3n) is 5.98. The van der Waals surface area contributed by atoms with Gasteiger partial charge in [0.2, 0.25) is 17.0 Å². The maximum absolute atomic E-state index is 13.2. The summed E-state index contributed by atoms with van der Waals surface area (Å²) in [5.74, 6) is -0.0590. The Labute approximate surface area is 184 Å². The molecular weight excluding hydrogens is 428 g/mol. The second-order valence-corrected chi connectivity index (χ2v) is 10.5. The Kier molecular flexibility index (Phi) is 4.85. The predicted molar refractivity (Wildman–Crippen MR) is 121 cm³/mol. The van der Waals surface area contributed by atoms with E-state index in [0.717, 1.165) is 11.1 Å². The number of nitrogens with one attached hydrogen (secondary N) is 2. The van der Waals surface area contributed by atoms with Crippen LogP contribution < -0.4 is 15.5 Å². The summed E-state index contributed by atoms with van der Waals surface area (Å²) >= 11 is 0. The molecule has 4 aromatic rings. The molecular formula is C23H24N4O4S+2. The van der Waals surface area contributed by atoms with Crippen molar-refractivity contribution in [2.24, 2.45) is 0 Å². The molecule has 5 rings (SSSR count). The topological polar surface area (TPSA) is 109 Å². The smallest absolute Gasteiger partial charge is 0.398 e. The van der Waals surface area contributed by atoms with Gasteiger partial charge in [-0.3, -0.25) is 0 Å². The van der Waals surface area contributed by atoms with Crippen LogP contribution in [0.5, 0.6) is 0 Å². The average Bonchev–Trinajstić information content (AvgIpc) is 3.29. The minimum atomic E-state index is -3.10. The van der Waals surface area contributed by atoms with Gasteiger partial charge in [-0.25, -0.2) is 27.8 Å². The first-order chi connectivity index (χ1) is 15.3. The number of rotatable bonds is 4. The number of aliphatic hydroxyl groups excluding tert-OH is 1. The Bertz CT molecular complexity index is 1540. The van der Waals surface area contributed by atoms with Crippen molar-refractivity contribution in [3.63, 3.8) is 0 Å². The fraction of sp³-hybridized carbons (Fsp3) is 0.261. The number of aromatic amines is 1. The van der Waals surface area contributed by atoms with Gasteiger partial charge in [-0.15, -0.1) is 0 Å². The van der Waals surface area contributed by atoms with Gasteiger partial charge in [0, 0.05) is 18.1 Å². The number of fused-ring (bicyclic) bond motifs is 2. The van der Waals surface area contributed by atoms with Crippen molar-refractivity contribution in [1.82, 2.24) is 8.97 Å². The highest BCUT2D eigenvalue weighted by molar-refractivity contribution is 7.91. The molecule has 0 unspecified atom stereocenters. The quantitative estimate of drug-likeness (QED) is 0.336. The summed E-state index contributed by atoms with van der Waals surface area (Å²) in [6, 6.07) is 14.8. The van der Waals surface area contributed by atoms with Crippen LogP contribution in [0.15, 0.2) is 59.5 Å². The summed E-state index contributed by atoms with van der Waals surface area (Å²) < 4.78 is 27.1. The highest BCUT2D eigenvalue weighted by Crippen LogP contribution is 2.17. The number of hydrogen-bond donors (Lipinski definition) is 2. The van der Waals surface area contributed by atoms with E-state index in [-0.39, 0.29) is 29.0 Å². The molecule has 3 aromatic heterocycles. The summed E-state index contributed by atoms with van der Waals surface area (Å²) in [7, 11) is -3.10. The molecule has 8 nitrogen and oxygen atoms in total. The van der Waals surface area contributed by atoms with Crippen LogP contribution in [0.25, 0.3) is 16.7 Å². The normalized spacial score (nSPS) is 18.5. The number of benzene rings is 1. The van der Waals surface area contributed by atoms with Gasteiger partial charge < -0.3 is 5.11 Å². The Hall–Kier alpha value is -3.46. The first-order valence-corrected chi connectivity index (χ1v) is 12.3. The van der Waals surface area contributed by atoms with Crippen molar-refractivity contribution in [3.05, 3.63) is 81.9 Å². The van der Waals surface area contributed by atoms with Crippen LogP contribution in [-0.4, -0.2) is 45.9 Å². The number of aliphatic hydroxyl groups is 1. The molecule has 0 amide bonds. The molecule has 0 bridgehead atoms. The molecule has 9 heteroatoms.